The Morgan fingerprint density at radius 1 is 1.00 bits per heavy atom. The summed E-state index contributed by atoms with van der Waals surface area (Å²) in [5, 5.41) is 7.85. The zero-order valence-corrected chi connectivity index (χ0v) is 19.3. The van der Waals surface area contributed by atoms with Crippen molar-refractivity contribution in [2.24, 2.45) is 0 Å². The summed E-state index contributed by atoms with van der Waals surface area (Å²) in [6, 6.07) is 18.9. The molecule has 0 amide bonds. The summed E-state index contributed by atoms with van der Waals surface area (Å²) in [7, 11) is 0. The fourth-order valence-corrected chi connectivity index (χ4v) is 5.38. The molecule has 1 saturated heterocycles. The predicted octanol–water partition coefficient (Wildman–Crippen LogP) is 6.05. The van der Waals surface area contributed by atoms with Crippen LogP contribution in [0.3, 0.4) is 0 Å². The minimum atomic E-state index is -0.272. The van der Waals surface area contributed by atoms with Crippen LogP contribution in [-0.4, -0.2) is 28.0 Å². The van der Waals surface area contributed by atoms with E-state index in [2.05, 4.69) is 34.7 Å². The smallest absolute Gasteiger partial charge is 0.223 e. The Balaban J connectivity index is 1.52. The summed E-state index contributed by atoms with van der Waals surface area (Å²) < 4.78 is 14.8. The van der Waals surface area contributed by atoms with Crippen molar-refractivity contribution in [2.45, 2.75) is 31.7 Å². The van der Waals surface area contributed by atoms with Gasteiger partial charge in [-0.3, -0.25) is 0 Å². The number of rotatable bonds is 6. The Morgan fingerprint density at radius 3 is 2.55 bits per heavy atom. The van der Waals surface area contributed by atoms with Crippen LogP contribution >= 0.6 is 11.3 Å². The topological polar surface area (TPSA) is 62.7 Å². The maximum absolute atomic E-state index is 14.8. The third-order valence-electron chi connectivity index (χ3n) is 5.99. The van der Waals surface area contributed by atoms with Gasteiger partial charge in [0.15, 0.2) is 0 Å². The van der Waals surface area contributed by atoms with E-state index < -0.39 is 0 Å². The third kappa shape index (κ3) is 4.79. The molecule has 2 N–H and O–H groups in total. The van der Waals surface area contributed by atoms with Gasteiger partial charge in [-0.1, -0.05) is 42.5 Å². The summed E-state index contributed by atoms with van der Waals surface area (Å²) in [4.78, 5) is 15.1. The molecular formula is C26H26FN5S. The maximum atomic E-state index is 14.8. The van der Waals surface area contributed by atoms with Crippen molar-refractivity contribution >= 4 is 17.3 Å². The molecule has 7 heteroatoms. The first-order valence-electron chi connectivity index (χ1n) is 11.3. The molecule has 2 aromatic carbocycles. The predicted molar refractivity (Wildman–Crippen MR) is 132 cm³/mol. The highest BCUT2D eigenvalue weighted by molar-refractivity contribution is 7.15. The number of nitrogens with zero attached hydrogens (tertiary/aromatic N) is 3. The fraction of sp³-hybridized carbons (Fsp3) is 0.269. The molecule has 5 nitrogen and oxygen atoms in total. The SMILES string of the molecule is CC(Nc1nccc(-c2sc(C3CCNCC3)nc2-c2ccccc2F)n1)c1ccccc1. The Labute approximate surface area is 197 Å². The normalized spacial score (nSPS) is 15.3. The summed E-state index contributed by atoms with van der Waals surface area (Å²) in [6.45, 7) is 4.04. The second kappa shape index (κ2) is 9.77. The van der Waals surface area contributed by atoms with E-state index in [-0.39, 0.29) is 11.9 Å². The molecule has 0 saturated carbocycles. The molecule has 0 aliphatic carbocycles. The number of thiazole rings is 1. The molecule has 2 aromatic heterocycles. The van der Waals surface area contributed by atoms with E-state index in [4.69, 9.17) is 9.97 Å². The maximum Gasteiger partial charge on any atom is 0.223 e. The van der Waals surface area contributed by atoms with Crippen molar-refractivity contribution in [3.63, 3.8) is 0 Å². The van der Waals surface area contributed by atoms with Crippen LogP contribution in [0.5, 0.6) is 0 Å². The molecule has 1 aliphatic rings. The number of hydrogen-bond donors (Lipinski definition) is 2. The quantitative estimate of drug-likeness (QED) is 0.368. The Morgan fingerprint density at radius 2 is 1.76 bits per heavy atom. The van der Waals surface area contributed by atoms with Crippen molar-refractivity contribution < 1.29 is 4.39 Å². The van der Waals surface area contributed by atoms with Gasteiger partial charge in [-0.2, -0.15) is 0 Å². The molecule has 1 unspecified atom stereocenters. The third-order valence-corrected chi connectivity index (χ3v) is 7.23. The lowest BCUT2D eigenvalue weighted by Crippen LogP contribution is -2.26. The lowest BCUT2D eigenvalue weighted by Gasteiger charge is -2.20. The van der Waals surface area contributed by atoms with Gasteiger partial charge >= 0.3 is 0 Å². The molecule has 3 heterocycles. The summed E-state index contributed by atoms with van der Waals surface area (Å²) in [5.74, 6) is 0.652. The number of nitrogens with one attached hydrogen (secondary N) is 2. The van der Waals surface area contributed by atoms with E-state index >= 15 is 0 Å². The van der Waals surface area contributed by atoms with Crippen LogP contribution in [0.1, 0.15) is 42.3 Å². The van der Waals surface area contributed by atoms with Crippen molar-refractivity contribution in [3.8, 4) is 21.8 Å². The lowest BCUT2D eigenvalue weighted by atomic mass is 9.99. The van der Waals surface area contributed by atoms with Crippen LogP contribution in [0.25, 0.3) is 21.8 Å². The highest BCUT2D eigenvalue weighted by Gasteiger charge is 2.24. The number of aromatic nitrogens is 3. The average molecular weight is 460 g/mol. The van der Waals surface area contributed by atoms with Crippen LogP contribution in [0, 0.1) is 5.82 Å². The second-order valence-electron chi connectivity index (χ2n) is 8.28. The van der Waals surface area contributed by atoms with E-state index in [1.54, 1.807) is 29.7 Å². The fourth-order valence-electron chi connectivity index (χ4n) is 4.16. The van der Waals surface area contributed by atoms with Gasteiger partial charge in [-0.05, 0) is 56.6 Å². The molecule has 0 bridgehead atoms. The largest absolute Gasteiger partial charge is 0.348 e. The monoisotopic (exact) mass is 459 g/mol. The first-order valence-corrected chi connectivity index (χ1v) is 12.1. The number of halogens is 1. The van der Waals surface area contributed by atoms with Gasteiger partial charge in [-0.25, -0.2) is 19.3 Å². The second-order valence-corrected chi connectivity index (χ2v) is 9.31. The van der Waals surface area contributed by atoms with Gasteiger partial charge < -0.3 is 10.6 Å². The van der Waals surface area contributed by atoms with Gasteiger partial charge in [-0.15, -0.1) is 11.3 Å². The molecule has 0 radical (unpaired) electrons. The Hall–Kier alpha value is -3.16. The number of hydrogen-bond acceptors (Lipinski definition) is 6. The van der Waals surface area contributed by atoms with Crippen LogP contribution in [0.4, 0.5) is 10.3 Å². The molecule has 0 spiro atoms. The van der Waals surface area contributed by atoms with Crippen LogP contribution in [0.15, 0.2) is 66.9 Å². The van der Waals surface area contributed by atoms with E-state index in [0.29, 0.717) is 23.1 Å². The van der Waals surface area contributed by atoms with Gasteiger partial charge in [0.2, 0.25) is 5.95 Å². The number of piperidine rings is 1. The molecule has 1 fully saturated rings. The first kappa shape index (κ1) is 21.7. The minimum absolute atomic E-state index is 0.0549. The number of benzene rings is 2. The molecule has 4 aromatic rings. The summed E-state index contributed by atoms with van der Waals surface area (Å²) in [6.07, 6.45) is 3.82. The highest BCUT2D eigenvalue weighted by Crippen LogP contribution is 2.41. The zero-order chi connectivity index (χ0) is 22.6. The van der Waals surface area contributed by atoms with Crippen LogP contribution in [-0.2, 0) is 0 Å². The molecule has 1 aliphatic heterocycles. The van der Waals surface area contributed by atoms with Crippen molar-refractivity contribution in [2.75, 3.05) is 18.4 Å². The molecule has 1 atom stereocenters. The summed E-state index contributed by atoms with van der Waals surface area (Å²) in [5.41, 5.74) is 3.08. The van der Waals surface area contributed by atoms with Gasteiger partial charge in [0.1, 0.15) is 5.82 Å². The van der Waals surface area contributed by atoms with Crippen molar-refractivity contribution in [1.29, 1.82) is 0 Å². The van der Waals surface area contributed by atoms with Crippen molar-refractivity contribution in [1.82, 2.24) is 20.3 Å². The Bertz CT molecular complexity index is 1220. The van der Waals surface area contributed by atoms with Crippen LogP contribution < -0.4 is 10.6 Å². The average Bonchev–Trinajstić information content (AvgIpc) is 3.31. The van der Waals surface area contributed by atoms with Gasteiger partial charge in [0.05, 0.1) is 27.3 Å². The Kier molecular flexibility index (Phi) is 6.41. The van der Waals surface area contributed by atoms with Crippen LogP contribution in [0.2, 0.25) is 0 Å². The zero-order valence-electron chi connectivity index (χ0n) is 18.5. The lowest BCUT2D eigenvalue weighted by molar-refractivity contribution is 0.459. The molecule has 168 valence electrons. The van der Waals surface area contributed by atoms with E-state index in [9.17, 15) is 4.39 Å². The van der Waals surface area contributed by atoms with Gasteiger partial charge in [0.25, 0.3) is 0 Å². The highest BCUT2D eigenvalue weighted by atomic mass is 32.1. The van der Waals surface area contributed by atoms with E-state index in [0.717, 1.165) is 47.1 Å². The van der Waals surface area contributed by atoms with Crippen molar-refractivity contribution in [3.05, 3.63) is 83.2 Å². The molecule has 33 heavy (non-hydrogen) atoms. The van der Waals surface area contributed by atoms with E-state index in [1.165, 1.54) is 6.07 Å². The van der Waals surface area contributed by atoms with Gasteiger partial charge in [0, 0.05) is 17.7 Å². The molecular weight excluding hydrogens is 433 g/mol. The summed E-state index contributed by atoms with van der Waals surface area (Å²) >= 11 is 1.62. The number of anilines is 1. The standard InChI is InChI=1S/C26H26FN5S/c1-17(18-7-3-2-4-8-18)30-26-29-16-13-22(31-26)24-23(20-9-5-6-10-21(20)27)32-25(33-24)19-11-14-28-15-12-19/h2-10,13,16-17,19,28H,11-12,14-15H2,1H3,(H,29,30,31). The first-order chi connectivity index (χ1) is 16.2. The molecule has 5 rings (SSSR count). The minimum Gasteiger partial charge on any atom is -0.348 e. The van der Waals surface area contributed by atoms with E-state index in [1.807, 2.05) is 30.3 Å².